The maximum Gasteiger partial charge on any atom is 0.311 e. The van der Waals surface area contributed by atoms with Crippen LogP contribution in [0.25, 0.3) is 0 Å². The van der Waals surface area contributed by atoms with Gasteiger partial charge in [-0.05, 0) is 153 Å². The molecule has 432 valence electrons. The summed E-state index contributed by atoms with van der Waals surface area (Å²) >= 11 is 0. The molecule has 0 aliphatic heterocycles. The molecule has 0 radical (unpaired) electrons. The molecule has 0 heterocycles. The van der Waals surface area contributed by atoms with Crippen molar-refractivity contribution >= 4 is 17.9 Å². The molecule has 6 heteroatoms. The Bertz CT molecular complexity index is 2300. The molecule has 0 unspecified atom stereocenters. The van der Waals surface area contributed by atoms with Crippen molar-refractivity contribution in [3.8, 4) is 11.5 Å². The second-order valence-electron chi connectivity index (χ2n) is 18.6. The molecule has 0 aliphatic rings. The molecule has 0 bridgehead atoms. The van der Waals surface area contributed by atoms with Gasteiger partial charge in [-0.2, -0.15) is 0 Å². The average Bonchev–Trinajstić information content (AvgIpc) is 3.45. The van der Waals surface area contributed by atoms with E-state index in [9.17, 15) is 14.4 Å². The van der Waals surface area contributed by atoms with E-state index in [1.165, 1.54) is 0 Å². The molecule has 1 rings (SSSR count). The van der Waals surface area contributed by atoms with Crippen LogP contribution in [0.2, 0.25) is 0 Å². The predicted molar refractivity (Wildman–Crippen MR) is 345 cm³/mol. The third kappa shape index (κ3) is 50.5. The lowest BCUT2D eigenvalue weighted by Gasteiger charge is -2.12. The summed E-state index contributed by atoms with van der Waals surface area (Å²) in [6.07, 6.45) is 97.1. The number of carbonyl (C=O) groups excluding carboxylic acids is 3. The summed E-state index contributed by atoms with van der Waals surface area (Å²) in [7, 11) is 0. The van der Waals surface area contributed by atoms with Crippen molar-refractivity contribution in [2.24, 2.45) is 0 Å². The minimum Gasteiger partial charge on any atom is -0.465 e. The number of benzene rings is 1. The highest BCUT2D eigenvalue weighted by Crippen LogP contribution is 2.30. The van der Waals surface area contributed by atoms with Gasteiger partial charge >= 0.3 is 17.9 Å². The molecule has 0 saturated carbocycles. The molecule has 0 atom stereocenters. The van der Waals surface area contributed by atoms with Gasteiger partial charge in [-0.3, -0.25) is 14.4 Å². The van der Waals surface area contributed by atoms with Crippen molar-refractivity contribution < 1.29 is 28.6 Å². The lowest BCUT2D eigenvalue weighted by molar-refractivity contribution is -0.143. The van der Waals surface area contributed by atoms with Crippen LogP contribution in [-0.4, -0.2) is 24.5 Å². The lowest BCUT2D eigenvalue weighted by atomic mass is 10.1. The highest BCUT2D eigenvalue weighted by atomic mass is 16.6. The Balaban J connectivity index is 2.62. The van der Waals surface area contributed by atoms with E-state index in [4.69, 9.17) is 14.2 Å². The summed E-state index contributed by atoms with van der Waals surface area (Å²) in [5.41, 5.74) is 0.785. The van der Waals surface area contributed by atoms with Crippen LogP contribution in [0.1, 0.15) is 180 Å². The smallest absolute Gasteiger partial charge is 0.311 e. The predicted octanol–water partition coefficient (Wildman–Crippen LogP) is 21.0. The molecule has 6 nitrogen and oxygen atoms in total. The largest absolute Gasteiger partial charge is 0.465 e. The normalized spacial score (nSPS) is 13.2. The molecule has 0 N–H and O–H groups in total. The monoisotopic (exact) mass is 1080 g/mol. The molecule has 0 aromatic heterocycles. The maximum absolute atomic E-state index is 13.1. The van der Waals surface area contributed by atoms with Gasteiger partial charge in [-0.15, -0.1) is 0 Å². The van der Waals surface area contributed by atoms with Crippen molar-refractivity contribution in [1.82, 2.24) is 0 Å². The van der Waals surface area contributed by atoms with Crippen molar-refractivity contribution in [2.45, 2.75) is 181 Å². The van der Waals surface area contributed by atoms with Crippen LogP contribution in [0.3, 0.4) is 0 Å². The zero-order valence-electron chi connectivity index (χ0n) is 49.4. The van der Waals surface area contributed by atoms with Crippen LogP contribution in [0, 0.1) is 0 Å². The molecule has 1 aromatic rings. The second kappa shape index (κ2) is 58.1. The fourth-order valence-electron chi connectivity index (χ4n) is 7.10. The number of hydrogen-bond donors (Lipinski definition) is 0. The molecular weight excluding hydrogens is 985 g/mol. The summed E-state index contributed by atoms with van der Waals surface area (Å²) in [5, 5.41) is 0. The Morgan fingerprint density at radius 1 is 0.300 bits per heavy atom. The number of ether oxygens (including phenoxy) is 3. The Labute approximate surface area is 486 Å². The summed E-state index contributed by atoms with van der Waals surface area (Å²) in [6.45, 7) is 6.61. The van der Waals surface area contributed by atoms with Crippen LogP contribution < -0.4 is 9.47 Å². The first-order valence-corrected chi connectivity index (χ1v) is 29.9. The summed E-state index contributed by atoms with van der Waals surface area (Å²) in [5.74, 6) is -0.784. The molecule has 0 aliphatic carbocycles. The first kappa shape index (κ1) is 71.0. The van der Waals surface area contributed by atoms with Crippen LogP contribution >= 0.6 is 0 Å². The molecule has 0 spiro atoms. The second-order valence-corrected chi connectivity index (χ2v) is 18.6. The van der Waals surface area contributed by atoms with Crippen LogP contribution in [-0.2, 0) is 25.5 Å². The van der Waals surface area contributed by atoms with Gasteiger partial charge in [0.1, 0.15) is 0 Å². The van der Waals surface area contributed by atoms with Crippen molar-refractivity contribution in [2.75, 3.05) is 6.61 Å². The molecule has 1 aromatic carbocycles. The molecule has 0 amide bonds. The van der Waals surface area contributed by atoms with Crippen molar-refractivity contribution in [3.05, 3.63) is 242 Å². The van der Waals surface area contributed by atoms with Gasteiger partial charge in [-0.25, -0.2) is 0 Å². The molecule has 80 heavy (non-hydrogen) atoms. The van der Waals surface area contributed by atoms with Gasteiger partial charge in [0.05, 0.1) is 6.61 Å². The Morgan fingerprint density at radius 3 is 0.812 bits per heavy atom. The quantitative estimate of drug-likeness (QED) is 0.0368. The highest BCUT2D eigenvalue weighted by molar-refractivity contribution is 5.76. The van der Waals surface area contributed by atoms with Gasteiger partial charge in [-0.1, -0.05) is 246 Å². The molecule has 0 fully saturated rings. The van der Waals surface area contributed by atoms with Gasteiger partial charge in [0, 0.05) is 25.7 Å². The third-order valence-electron chi connectivity index (χ3n) is 11.4. The van der Waals surface area contributed by atoms with Crippen LogP contribution in [0.5, 0.6) is 11.5 Å². The maximum atomic E-state index is 13.1. The van der Waals surface area contributed by atoms with Gasteiger partial charge < -0.3 is 14.2 Å². The van der Waals surface area contributed by atoms with Crippen LogP contribution in [0.15, 0.2) is 237 Å². The zero-order chi connectivity index (χ0) is 57.5. The van der Waals surface area contributed by atoms with Gasteiger partial charge in [0.25, 0.3) is 0 Å². The summed E-state index contributed by atoms with van der Waals surface area (Å²) < 4.78 is 17.1. The minimum absolute atomic E-state index is 0.164. The van der Waals surface area contributed by atoms with E-state index < -0.39 is 11.9 Å². The number of hydrogen-bond acceptors (Lipinski definition) is 6. The topological polar surface area (TPSA) is 78.9 Å². The van der Waals surface area contributed by atoms with E-state index >= 15 is 0 Å². The number of rotatable bonds is 47. The fraction of sp³-hybridized carbons (Fsp3) is 0.392. The van der Waals surface area contributed by atoms with E-state index in [0.717, 1.165) is 121 Å². The first-order chi connectivity index (χ1) is 39.5. The standard InChI is InChI=1S/C74H100O6/c1-4-7-10-13-16-19-22-25-28-31-34-37-40-43-46-49-52-55-58-61-72(75)78-67-66-69-64-65-70(79-73(76)62-59-56-53-50-47-44-41-38-35-32-29-26-23-20-17-14-11-8-5-2)71(68-69)80-74(77)63-60-57-54-51-48-45-42-39-36-33-30-27-24-21-18-15-12-9-6-3/h7-12,16-21,25-30,34-39,43-48,52-57,64-65,68H,4-6,13-15,22-24,31-33,40-42,49-51,58-63,66-67H2,1-3H3. The number of carbonyl (C=O) groups is 3. The van der Waals surface area contributed by atoms with E-state index in [-0.39, 0.29) is 43.3 Å². The lowest BCUT2D eigenvalue weighted by Crippen LogP contribution is -2.12. The highest BCUT2D eigenvalue weighted by Gasteiger charge is 2.15. The summed E-state index contributed by atoms with van der Waals surface area (Å²) in [6, 6.07) is 5.13. The fourth-order valence-corrected chi connectivity index (χ4v) is 7.10. The number of allylic oxidation sites excluding steroid dienone is 36. The first-order valence-electron chi connectivity index (χ1n) is 29.9. The minimum atomic E-state index is -0.433. The van der Waals surface area contributed by atoms with Crippen molar-refractivity contribution in [1.29, 1.82) is 0 Å². The van der Waals surface area contributed by atoms with Gasteiger partial charge in [0.2, 0.25) is 0 Å². The van der Waals surface area contributed by atoms with Crippen LogP contribution in [0.4, 0.5) is 0 Å². The Morgan fingerprint density at radius 2 is 0.537 bits per heavy atom. The third-order valence-corrected chi connectivity index (χ3v) is 11.4. The zero-order valence-corrected chi connectivity index (χ0v) is 49.4. The summed E-state index contributed by atoms with van der Waals surface area (Å²) in [4.78, 5) is 38.6. The number of esters is 3. The van der Waals surface area contributed by atoms with E-state index in [2.05, 4.69) is 209 Å². The van der Waals surface area contributed by atoms with E-state index in [1.807, 2.05) is 30.4 Å². The molecule has 0 saturated heterocycles. The molecular formula is C74H100O6. The van der Waals surface area contributed by atoms with E-state index in [0.29, 0.717) is 25.7 Å². The van der Waals surface area contributed by atoms with E-state index in [1.54, 1.807) is 18.2 Å². The van der Waals surface area contributed by atoms with Gasteiger partial charge in [0.15, 0.2) is 11.5 Å². The average molecular weight is 1090 g/mol. The SMILES string of the molecule is CCC=CCC=CCC=CCC=CCC=CCC=CCCC(=O)OCCc1ccc(OC(=O)CCC=CCC=CCC=CCC=CCC=CCC=CCC)c(OC(=O)CCC=CCC=CCC=CCC=CCC=CCC=CCC)c1. The Kier molecular flexibility index (Phi) is 51.5. The Hall–Kier alpha value is -7.05. The van der Waals surface area contributed by atoms with Crippen molar-refractivity contribution in [3.63, 3.8) is 0 Å².